The summed E-state index contributed by atoms with van der Waals surface area (Å²) in [6.45, 7) is 1.58. The highest BCUT2D eigenvalue weighted by atomic mass is 32.2. The van der Waals surface area contributed by atoms with Crippen molar-refractivity contribution in [3.8, 4) is 0 Å². The summed E-state index contributed by atoms with van der Waals surface area (Å²) >= 11 is 0. The van der Waals surface area contributed by atoms with Crippen LogP contribution in [0.25, 0.3) is 0 Å². The Morgan fingerprint density at radius 1 is 1.26 bits per heavy atom. The lowest BCUT2D eigenvalue weighted by atomic mass is 9.62. The second-order valence-corrected chi connectivity index (χ2v) is 7.10. The second-order valence-electron chi connectivity index (χ2n) is 5.56. The van der Waals surface area contributed by atoms with Gasteiger partial charge in [0.2, 0.25) is 0 Å². The van der Waals surface area contributed by atoms with Gasteiger partial charge in [0.05, 0.1) is 12.2 Å². The number of carbonyl (C=O) groups is 1. The summed E-state index contributed by atoms with van der Waals surface area (Å²) in [6, 6.07) is 0. The third kappa shape index (κ3) is 2.93. The number of fused-ring (bicyclic) bond motifs is 2. The fraction of sp³-hybridized carbons (Fsp3) is 0.769. The highest BCUT2D eigenvalue weighted by Gasteiger charge is 2.59. The molecule has 10 heteroatoms. The number of alkyl halides is 3. The average molecular weight is 358 g/mol. The van der Waals surface area contributed by atoms with Gasteiger partial charge < -0.3 is 13.7 Å². The molecule has 0 N–H and O–H groups in total. The van der Waals surface area contributed by atoms with E-state index in [9.17, 15) is 26.4 Å². The van der Waals surface area contributed by atoms with Crippen LogP contribution in [0.2, 0.25) is 0 Å². The van der Waals surface area contributed by atoms with E-state index in [1.165, 1.54) is 13.2 Å². The number of methoxy groups -OCH3 is 1. The van der Waals surface area contributed by atoms with Crippen molar-refractivity contribution >= 4 is 16.1 Å². The lowest BCUT2D eigenvalue weighted by Gasteiger charge is -2.48. The SMILES string of the molecule is CCOC(=O)C12CCC(OC)(C=C1OS(=O)(=O)C(F)(F)F)CC2. The van der Waals surface area contributed by atoms with Gasteiger partial charge in [0, 0.05) is 7.11 Å². The smallest absolute Gasteiger partial charge is 0.465 e. The van der Waals surface area contributed by atoms with Crippen molar-refractivity contribution in [2.45, 2.75) is 43.7 Å². The maximum absolute atomic E-state index is 12.6. The molecule has 0 aromatic heterocycles. The van der Waals surface area contributed by atoms with Gasteiger partial charge in [0.25, 0.3) is 0 Å². The van der Waals surface area contributed by atoms with Crippen LogP contribution in [-0.2, 0) is 28.6 Å². The predicted octanol–water partition coefficient (Wildman–Crippen LogP) is 2.26. The summed E-state index contributed by atoms with van der Waals surface area (Å²) in [5.41, 5.74) is -8.03. The molecule has 3 rings (SSSR count). The van der Waals surface area contributed by atoms with Gasteiger partial charge in [-0.25, -0.2) is 0 Å². The highest BCUT2D eigenvalue weighted by molar-refractivity contribution is 7.87. The van der Waals surface area contributed by atoms with E-state index in [0.717, 1.165) is 0 Å². The van der Waals surface area contributed by atoms with Crippen LogP contribution in [0.15, 0.2) is 11.8 Å². The first kappa shape index (κ1) is 18.1. The average Bonchev–Trinajstić information content (AvgIpc) is 2.47. The number of hydrogen-bond donors (Lipinski definition) is 0. The molecule has 3 aliphatic rings. The Bertz CT molecular complexity index is 614. The Kier molecular flexibility index (Phi) is 4.44. The monoisotopic (exact) mass is 358 g/mol. The summed E-state index contributed by atoms with van der Waals surface area (Å²) in [5.74, 6) is -1.35. The maximum Gasteiger partial charge on any atom is 0.534 e. The molecule has 0 unspecified atom stereocenters. The van der Waals surface area contributed by atoms with E-state index < -0.39 is 38.4 Å². The zero-order chi connectivity index (χ0) is 17.5. The van der Waals surface area contributed by atoms with Gasteiger partial charge in [-0.15, -0.1) is 0 Å². The summed E-state index contributed by atoms with van der Waals surface area (Å²) in [6.07, 6.45) is 2.08. The minimum atomic E-state index is -5.87. The van der Waals surface area contributed by atoms with Crippen LogP contribution in [0.1, 0.15) is 32.6 Å². The van der Waals surface area contributed by atoms with Crippen LogP contribution in [0.3, 0.4) is 0 Å². The summed E-state index contributed by atoms with van der Waals surface area (Å²) in [4.78, 5) is 12.3. The van der Waals surface area contributed by atoms with Crippen LogP contribution >= 0.6 is 0 Å². The quantitative estimate of drug-likeness (QED) is 0.426. The van der Waals surface area contributed by atoms with Crippen molar-refractivity contribution in [1.82, 2.24) is 0 Å². The Balaban J connectivity index is 2.46. The zero-order valence-electron chi connectivity index (χ0n) is 12.6. The predicted molar refractivity (Wildman–Crippen MR) is 71.4 cm³/mol. The molecule has 0 atom stereocenters. The molecule has 132 valence electrons. The molecule has 0 aromatic carbocycles. The Morgan fingerprint density at radius 2 is 1.83 bits per heavy atom. The number of esters is 1. The number of ether oxygens (including phenoxy) is 2. The molecule has 6 nitrogen and oxygen atoms in total. The van der Waals surface area contributed by atoms with Crippen LogP contribution in [-0.4, -0.2) is 39.2 Å². The minimum Gasteiger partial charge on any atom is -0.465 e. The molecule has 0 radical (unpaired) electrons. The molecule has 1 fully saturated rings. The highest BCUT2D eigenvalue weighted by Crippen LogP contribution is 2.55. The second kappa shape index (κ2) is 5.66. The number of rotatable bonds is 5. The van der Waals surface area contributed by atoms with Crippen molar-refractivity contribution < 1.29 is 40.0 Å². The lowest BCUT2D eigenvalue weighted by Crippen LogP contribution is -2.51. The van der Waals surface area contributed by atoms with Crippen LogP contribution in [0, 0.1) is 5.41 Å². The first-order valence-electron chi connectivity index (χ1n) is 6.98. The van der Waals surface area contributed by atoms with E-state index in [-0.39, 0.29) is 19.4 Å². The van der Waals surface area contributed by atoms with Gasteiger partial charge in [0.15, 0.2) is 0 Å². The Hall–Kier alpha value is -1.29. The van der Waals surface area contributed by atoms with Crippen molar-refractivity contribution in [2.24, 2.45) is 5.41 Å². The minimum absolute atomic E-state index is 0.0231. The summed E-state index contributed by atoms with van der Waals surface area (Å²) in [7, 11) is -4.50. The first-order chi connectivity index (χ1) is 10.5. The molecular formula is C13H17F3O6S. The van der Waals surface area contributed by atoms with E-state index >= 15 is 0 Å². The molecule has 0 spiro atoms. The Morgan fingerprint density at radius 3 is 2.26 bits per heavy atom. The Labute approximate surface area is 131 Å². The van der Waals surface area contributed by atoms with Crippen molar-refractivity contribution in [2.75, 3.05) is 13.7 Å². The van der Waals surface area contributed by atoms with Crippen molar-refractivity contribution in [1.29, 1.82) is 0 Å². The van der Waals surface area contributed by atoms with Crippen LogP contribution in [0.4, 0.5) is 13.2 Å². The number of hydrogen-bond acceptors (Lipinski definition) is 6. The largest absolute Gasteiger partial charge is 0.534 e. The molecule has 1 saturated carbocycles. The van der Waals surface area contributed by atoms with E-state index in [4.69, 9.17) is 9.47 Å². The molecule has 3 aliphatic carbocycles. The summed E-state index contributed by atoms with van der Waals surface area (Å²) in [5, 5.41) is 0. The standard InChI is InChI=1S/C13H17F3O6S/c1-3-21-10(17)12-6-4-11(20-2,5-7-12)8-9(12)22-23(18,19)13(14,15)16/h8H,3-7H2,1-2H3. The van der Waals surface area contributed by atoms with Gasteiger partial charge in [-0.05, 0) is 38.7 Å². The van der Waals surface area contributed by atoms with Gasteiger partial charge in [-0.1, -0.05) is 0 Å². The van der Waals surface area contributed by atoms with Crippen molar-refractivity contribution in [3.63, 3.8) is 0 Å². The van der Waals surface area contributed by atoms with Gasteiger partial charge >= 0.3 is 21.6 Å². The van der Waals surface area contributed by atoms with E-state index in [1.807, 2.05) is 0 Å². The van der Waals surface area contributed by atoms with Crippen LogP contribution < -0.4 is 0 Å². The first-order valence-corrected chi connectivity index (χ1v) is 8.39. The van der Waals surface area contributed by atoms with Crippen molar-refractivity contribution in [3.05, 3.63) is 11.8 Å². The van der Waals surface area contributed by atoms with Gasteiger partial charge in [0.1, 0.15) is 11.2 Å². The molecule has 0 amide bonds. The van der Waals surface area contributed by atoms with Gasteiger partial charge in [-0.2, -0.15) is 21.6 Å². The fourth-order valence-corrected chi connectivity index (χ4v) is 3.51. The number of carbonyl (C=O) groups excluding carboxylic acids is 1. The molecule has 0 aliphatic heterocycles. The number of halogens is 3. The molecule has 23 heavy (non-hydrogen) atoms. The fourth-order valence-electron chi connectivity index (χ4n) is 2.97. The third-order valence-corrected chi connectivity index (χ3v) is 5.34. The maximum atomic E-state index is 12.6. The normalized spacial score (nSPS) is 30.7. The van der Waals surface area contributed by atoms with E-state index in [1.54, 1.807) is 6.92 Å². The molecule has 0 aromatic rings. The molecule has 0 heterocycles. The molecule has 2 bridgehead atoms. The topological polar surface area (TPSA) is 78.9 Å². The van der Waals surface area contributed by atoms with E-state index in [2.05, 4.69) is 4.18 Å². The van der Waals surface area contributed by atoms with Gasteiger partial charge in [-0.3, -0.25) is 4.79 Å². The van der Waals surface area contributed by atoms with E-state index in [0.29, 0.717) is 12.8 Å². The zero-order valence-corrected chi connectivity index (χ0v) is 13.4. The van der Waals surface area contributed by atoms with Crippen LogP contribution in [0.5, 0.6) is 0 Å². The molecular weight excluding hydrogens is 341 g/mol. The third-order valence-electron chi connectivity index (χ3n) is 4.37. The molecule has 0 saturated heterocycles. The lowest BCUT2D eigenvalue weighted by molar-refractivity contribution is -0.162. The summed E-state index contributed by atoms with van der Waals surface area (Å²) < 4.78 is 75.0.